The van der Waals surface area contributed by atoms with E-state index < -0.39 is 42.3 Å². The maximum absolute atomic E-state index is 9.08. The lowest BCUT2D eigenvalue weighted by atomic mass is 10.0. The monoisotopic (exact) mass is 493 g/mol. The molecule has 8 rings (SSSR count). The van der Waals surface area contributed by atoms with Crippen molar-refractivity contribution in [2.45, 2.75) is 0 Å². The maximum Gasteiger partial charge on any atom is 0.0645 e. The van der Waals surface area contributed by atoms with E-state index in [1.165, 1.54) is 0 Å². The number of fused-ring (bicyclic) bond motifs is 6. The molecule has 178 valence electrons. The van der Waals surface area contributed by atoms with Crippen LogP contribution in [0.2, 0.25) is 0 Å². The molecular weight excluding hydrogens is 460 g/mol. The Morgan fingerprint density at radius 1 is 0.474 bits per heavy atom. The molecule has 0 radical (unpaired) electrons. The van der Waals surface area contributed by atoms with Crippen LogP contribution in [-0.4, -0.2) is 9.55 Å². The summed E-state index contributed by atoms with van der Waals surface area (Å²) in [4.78, 5) is 3.46. The van der Waals surface area contributed by atoms with Gasteiger partial charge in [0.25, 0.3) is 0 Å². The molecule has 1 N–H and O–H groups in total. The summed E-state index contributed by atoms with van der Waals surface area (Å²) in [7, 11) is 0. The zero-order valence-corrected chi connectivity index (χ0v) is 20.0. The first-order valence-corrected chi connectivity index (χ1v) is 12.3. The summed E-state index contributed by atoms with van der Waals surface area (Å²) in [6, 6.07) is 23.3. The van der Waals surface area contributed by atoms with Gasteiger partial charge in [0.15, 0.2) is 0 Å². The molecule has 8 aromatic rings. The molecule has 0 atom stereocenters. The molecule has 0 saturated heterocycles. The number of aromatic nitrogens is 2. The van der Waals surface area contributed by atoms with Crippen LogP contribution in [0.3, 0.4) is 0 Å². The van der Waals surface area contributed by atoms with Crippen molar-refractivity contribution in [1.29, 1.82) is 0 Å². The Bertz CT molecular complexity index is 2580. The van der Waals surface area contributed by atoms with E-state index in [-0.39, 0.29) is 28.9 Å². The summed E-state index contributed by atoms with van der Waals surface area (Å²) in [5.41, 5.74) is 4.78. The fourth-order valence-electron chi connectivity index (χ4n) is 5.34. The molecule has 0 unspecified atom stereocenters. The highest BCUT2D eigenvalue weighted by atomic mass is 15.0. The summed E-state index contributed by atoms with van der Waals surface area (Å²) in [5, 5.41) is 3.98. The summed E-state index contributed by atoms with van der Waals surface area (Å²) in [6.45, 7) is 0. The standard InChI is InChI=1S/C36H24N2/c1-2-8-24(9-3-1)25-14-18-28(19-15-25)38-35-13-7-5-11-30(35)32-23-27(17-21-36(32)38)26-16-20-34-31(22-26)29-10-4-6-12-33(29)37-34/h1-23,37H/i1D,2D,3D,8D,9D,14D,15D,18D,19D. The Kier molecular flexibility index (Phi) is 3.03. The van der Waals surface area contributed by atoms with Gasteiger partial charge in [-0.05, 0) is 70.7 Å². The second-order valence-corrected chi connectivity index (χ2v) is 9.24. The Balaban J connectivity index is 1.37. The van der Waals surface area contributed by atoms with Gasteiger partial charge in [-0.15, -0.1) is 0 Å². The predicted molar refractivity (Wildman–Crippen MR) is 161 cm³/mol. The number of hydrogen-bond donors (Lipinski definition) is 1. The lowest BCUT2D eigenvalue weighted by molar-refractivity contribution is 1.18. The molecule has 38 heavy (non-hydrogen) atoms. The molecule has 0 fully saturated rings. The summed E-state index contributed by atoms with van der Waals surface area (Å²) in [5.74, 6) is 0. The highest BCUT2D eigenvalue weighted by Gasteiger charge is 2.14. The van der Waals surface area contributed by atoms with Gasteiger partial charge in [-0.3, -0.25) is 0 Å². The van der Waals surface area contributed by atoms with Gasteiger partial charge in [0.2, 0.25) is 0 Å². The largest absolute Gasteiger partial charge is 0.355 e. The van der Waals surface area contributed by atoms with Crippen LogP contribution < -0.4 is 0 Å². The number of nitrogens with zero attached hydrogens (tertiary/aromatic N) is 1. The van der Waals surface area contributed by atoms with Crippen LogP contribution in [0.1, 0.15) is 12.3 Å². The van der Waals surface area contributed by atoms with Gasteiger partial charge < -0.3 is 9.55 Å². The summed E-state index contributed by atoms with van der Waals surface area (Å²) in [6.07, 6.45) is 0. The van der Waals surface area contributed by atoms with Crippen LogP contribution >= 0.6 is 0 Å². The van der Waals surface area contributed by atoms with E-state index in [2.05, 4.69) is 41.4 Å². The molecule has 0 spiro atoms. The molecule has 2 heteroatoms. The highest BCUT2D eigenvalue weighted by Crippen LogP contribution is 2.36. The predicted octanol–water partition coefficient (Wildman–Crippen LogP) is 9.75. The first-order chi connectivity index (χ1) is 22.6. The van der Waals surface area contributed by atoms with E-state index in [0.29, 0.717) is 11.0 Å². The average molecular weight is 494 g/mol. The SMILES string of the molecule is [2H]c1c([2H])c([2H])c(-c2c([2H])c([2H])c(-n3c4ccccc4c4cc(-c5ccc6[nH]c7ccccc7c6c5)ccc43)c([2H])c2[2H])c([2H])c1[2H]. The molecule has 0 amide bonds. The van der Waals surface area contributed by atoms with Crippen molar-refractivity contribution in [3.63, 3.8) is 0 Å². The zero-order valence-electron chi connectivity index (χ0n) is 29.0. The third-order valence-electron chi connectivity index (χ3n) is 7.10. The number of aromatic amines is 1. The second kappa shape index (κ2) is 8.22. The molecule has 0 aliphatic rings. The van der Waals surface area contributed by atoms with Crippen LogP contribution in [0.25, 0.3) is 71.6 Å². The number of para-hydroxylation sites is 2. The average Bonchev–Trinajstić information content (AvgIpc) is 3.62. The van der Waals surface area contributed by atoms with Crippen LogP contribution in [0.5, 0.6) is 0 Å². The Morgan fingerprint density at radius 2 is 1.11 bits per heavy atom. The van der Waals surface area contributed by atoms with E-state index in [1.807, 2.05) is 48.5 Å². The van der Waals surface area contributed by atoms with E-state index in [9.17, 15) is 0 Å². The van der Waals surface area contributed by atoms with Crippen LogP contribution in [-0.2, 0) is 0 Å². The van der Waals surface area contributed by atoms with Crippen molar-refractivity contribution in [3.05, 3.63) is 139 Å². The van der Waals surface area contributed by atoms with E-state index in [0.717, 1.165) is 43.7 Å². The summed E-state index contributed by atoms with van der Waals surface area (Å²) < 4.78 is 78.7. The minimum atomic E-state index is -0.607. The van der Waals surface area contributed by atoms with Crippen LogP contribution in [0, 0.1) is 0 Å². The molecule has 0 bridgehead atoms. The fraction of sp³-hybridized carbons (Fsp3) is 0. The van der Waals surface area contributed by atoms with Gasteiger partial charge in [0, 0.05) is 38.3 Å². The van der Waals surface area contributed by atoms with Crippen molar-refractivity contribution in [2.24, 2.45) is 0 Å². The van der Waals surface area contributed by atoms with Gasteiger partial charge in [-0.1, -0.05) is 90.8 Å². The van der Waals surface area contributed by atoms with Gasteiger partial charge in [-0.2, -0.15) is 0 Å². The van der Waals surface area contributed by atoms with Crippen molar-refractivity contribution < 1.29 is 12.3 Å². The van der Waals surface area contributed by atoms with Crippen LogP contribution in [0.4, 0.5) is 0 Å². The van der Waals surface area contributed by atoms with Crippen molar-refractivity contribution in [1.82, 2.24) is 9.55 Å². The molecule has 2 nitrogen and oxygen atoms in total. The quantitative estimate of drug-likeness (QED) is 0.253. The molecule has 0 aliphatic carbocycles. The number of H-pyrrole nitrogens is 1. The fourth-order valence-corrected chi connectivity index (χ4v) is 5.34. The Labute approximate surface area is 233 Å². The Hall–Kier alpha value is -5.08. The van der Waals surface area contributed by atoms with Gasteiger partial charge in [0.1, 0.15) is 0 Å². The molecule has 0 aliphatic heterocycles. The Morgan fingerprint density at radius 3 is 1.95 bits per heavy atom. The smallest absolute Gasteiger partial charge is 0.0645 e. The lowest BCUT2D eigenvalue weighted by Gasteiger charge is -2.10. The van der Waals surface area contributed by atoms with E-state index >= 15 is 0 Å². The first kappa shape index (κ1) is 14.0. The number of benzene rings is 6. The van der Waals surface area contributed by atoms with Gasteiger partial charge >= 0.3 is 0 Å². The molecule has 2 aromatic heterocycles. The molecule has 0 saturated carbocycles. The second-order valence-electron chi connectivity index (χ2n) is 9.24. The zero-order chi connectivity index (χ0) is 32.9. The minimum absolute atomic E-state index is 0.00952. The highest BCUT2D eigenvalue weighted by molar-refractivity contribution is 6.11. The normalized spacial score (nSPS) is 15.0. The molecular formula is C36H24N2. The number of nitrogens with one attached hydrogen (secondary N) is 1. The third-order valence-corrected chi connectivity index (χ3v) is 7.10. The lowest BCUT2D eigenvalue weighted by Crippen LogP contribution is -1.93. The first-order valence-electron chi connectivity index (χ1n) is 16.8. The number of hydrogen-bond acceptors (Lipinski definition) is 0. The van der Waals surface area contributed by atoms with Crippen molar-refractivity contribution >= 4 is 43.6 Å². The summed E-state index contributed by atoms with van der Waals surface area (Å²) >= 11 is 0. The topological polar surface area (TPSA) is 20.7 Å². The molecule has 2 heterocycles. The van der Waals surface area contributed by atoms with Gasteiger partial charge in [0.05, 0.1) is 23.4 Å². The third kappa shape index (κ3) is 3.21. The van der Waals surface area contributed by atoms with Crippen molar-refractivity contribution in [3.8, 4) is 27.9 Å². The number of rotatable bonds is 3. The van der Waals surface area contributed by atoms with Crippen molar-refractivity contribution in [2.75, 3.05) is 0 Å². The maximum atomic E-state index is 9.08. The molecule has 6 aromatic carbocycles. The minimum Gasteiger partial charge on any atom is -0.355 e. The van der Waals surface area contributed by atoms with Gasteiger partial charge in [-0.25, -0.2) is 0 Å². The van der Waals surface area contributed by atoms with Crippen LogP contribution in [0.15, 0.2) is 139 Å². The van der Waals surface area contributed by atoms with E-state index in [1.54, 1.807) is 4.57 Å². The van der Waals surface area contributed by atoms with E-state index in [4.69, 9.17) is 12.3 Å².